The van der Waals surface area contributed by atoms with Crippen molar-refractivity contribution in [3.63, 3.8) is 0 Å². The summed E-state index contributed by atoms with van der Waals surface area (Å²) < 4.78 is 5.17. The molecule has 1 nitrogen and oxygen atoms in total. The van der Waals surface area contributed by atoms with Gasteiger partial charge in [-0.05, 0) is 48.8 Å². The maximum atomic E-state index is 5.17. The van der Waals surface area contributed by atoms with Crippen LogP contribution < -0.4 is 0 Å². The molecular weight excluding hydrogens is 208 g/mol. The van der Waals surface area contributed by atoms with E-state index in [1.165, 1.54) is 36.0 Å². The number of benzene rings is 1. The van der Waals surface area contributed by atoms with Crippen LogP contribution in [0.5, 0.6) is 0 Å². The summed E-state index contributed by atoms with van der Waals surface area (Å²) in [5, 5.41) is 0. The maximum Gasteiger partial charge on any atom is 0.0823 e. The summed E-state index contributed by atoms with van der Waals surface area (Å²) in [5.41, 5.74) is 4.29. The van der Waals surface area contributed by atoms with Crippen LogP contribution in [0.25, 0.3) is 0 Å². The fourth-order valence-electron chi connectivity index (χ4n) is 2.31. The minimum atomic E-state index is 1.00. The van der Waals surface area contributed by atoms with Crippen molar-refractivity contribution in [2.24, 2.45) is 0 Å². The predicted molar refractivity (Wildman–Crippen MR) is 71.9 cm³/mol. The van der Waals surface area contributed by atoms with E-state index in [4.69, 9.17) is 4.74 Å². The highest BCUT2D eigenvalue weighted by molar-refractivity contribution is 5.31. The molecule has 0 N–H and O–H groups in total. The van der Waals surface area contributed by atoms with Crippen LogP contribution in [0.15, 0.2) is 48.3 Å². The first kappa shape index (κ1) is 12.0. The Kier molecular flexibility index (Phi) is 4.43. The number of fused-ring (bicyclic) bond motifs is 1. The molecule has 1 aromatic carbocycles. The number of methoxy groups -OCH3 is 1. The highest BCUT2D eigenvalue weighted by Crippen LogP contribution is 2.20. The molecular formula is C16H20O. The van der Waals surface area contributed by atoms with Gasteiger partial charge in [0, 0.05) is 0 Å². The first-order chi connectivity index (χ1) is 8.40. The van der Waals surface area contributed by atoms with Gasteiger partial charge in [-0.3, -0.25) is 0 Å². The Balaban J connectivity index is 2.25. The fourth-order valence-corrected chi connectivity index (χ4v) is 2.31. The van der Waals surface area contributed by atoms with Crippen LogP contribution in [0, 0.1) is 0 Å². The van der Waals surface area contributed by atoms with Gasteiger partial charge < -0.3 is 4.74 Å². The van der Waals surface area contributed by atoms with Gasteiger partial charge in [0.2, 0.25) is 0 Å². The van der Waals surface area contributed by atoms with Crippen LogP contribution in [0.3, 0.4) is 0 Å². The lowest BCUT2D eigenvalue weighted by atomic mass is 9.94. The van der Waals surface area contributed by atoms with E-state index in [9.17, 15) is 0 Å². The average Bonchev–Trinajstić information content (AvgIpc) is 2.36. The molecule has 0 spiro atoms. The number of hydrogen-bond acceptors (Lipinski definition) is 1. The van der Waals surface area contributed by atoms with Gasteiger partial charge in [-0.15, -0.1) is 0 Å². The minimum Gasteiger partial charge on any atom is -0.504 e. The minimum absolute atomic E-state index is 1.00. The van der Waals surface area contributed by atoms with Crippen LogP contribution in [-0.2, 0) is 17.6 Å². The van der Waals surface area contributed by atoms with E-state index >= 15 is 0 Å². The summed E-state index contributed by atoms with van der Waals surface area (Å²) in [4.78, 5) is 0. The second-order valence-corrected chi connectivity index (χ2v) is 4.53. The van der Waals surface area contributed by atoms with Gasteiger partial charge in [0.1, 0.15) is 0 Å². The number of rotatable bonds is 1. The Morgan fingerprint density at radius 1 is 1.12 bits per heavy atom. The van der Waals surface area contributed by atoms with Crippen molar-refractivity contribution in [2.75, 3.05) is 7.11 Å². The van der Waals surface area contributed by atoms with Crippen molar-refractivity contribution in [2.45, 2.75) is 32.1 Å². The van der Waals surface area contributed by atoms with Crippen molar-refractivity contribution in [1.82, 2.24) is 0 Å². The first-order valence-electron chi connectivity index (χ1n) is 6.32. The Hall–Kier alpha value is -1.50. The van der Waals surface area contributed by atoms with Gasteiger partial charge >= 0.3 is 0 Å². The van der Waals surface area contributed by atoms with E-state index in [0.717, 1.165) is 12.8 Å². The van der Waals surface area contributed by atoms with E-state index < -0.39 is 0 Å². The summed E-state index contributed by atoms with van der Waals surface area (Å²) in [6, 6.07) is 8.76. The van der Waals surface area contributed by atoms with Gasteiger partial charge in [-0.1, -0.05) is 36.4 Å². The molecule has 0 radical (unpaired) electrons. The largest absolute Gasteiger partial charge is 0.504 e. The number of ether oxygens (including phenoxy) is 1. The molecule has 0 bridgehead atoms. The zero-order chi connectivity index (χ0) is 11.9. The standard InChI is InChI=1S/C16H20O/c1-17-13-14-8-4-2-3-5-9-15-10-6-7-11-16(15)12-14/h2,4,6-7,10-11,13H,3,5,8-9,12H2,1H3/b4-2-,14-13?. The molecule has 0 unspecified atom stereocenters. The van der Waals surface area contributed by atoms with Gasteiger partial charge in [-0.2, -0.15) is 0 Å². The third kappa shape index (κ3) is 3.48. The molecule has 0 aliphatic heterocycles. The van der Waals surface area contributed by atoms with Crippen LogP contribution in [0.4, 0.5) is 0 Å². The predicted octanol–water partition coefficient (Wildman–Crippen LogP) is 4.04. The molecule has 17 heavy (non-hydrogen) atoms. The molecule has 1 aromatic rings. The summed E-state index contributed by atoms with van der Waals surface area (Å²) in [5.74, 6) is 0. The first-order valence-corrected chi connectivity index (χ1v) is 6.32. The van der Waals surface area contributed by atoms with Crippen molar-refractivity contribution in [1.29, 1.82) is 0 Å². The molecule has 1 aliphatic carbocycles. The molecule has 0 fully saturated rings. The van der Waals surface area contributed by atoms with Crippen LogP contribution in [0.1, 0.15) is 30.4 Å². The lowest BCUT2D eigenvalue weighted by Gasteiger charge is -2.12. The van der Waals surface area contributed by atoms with E-state index in [1.54, 1.807) is 7.11 Å². The SMILES string of the molecule is COC=C1C/C=C\CCCc2ccccc2C1. The zero-order valence-electron chi connectivity index (χ0n) is 10.5. The van der Waals surface area contributed by atoms with Gasteiger partial charge in [0.15, 0.2) is 0 Å². The van der Waals surface area contributed by atoms with E-state index in [-0.39, 0.29) is 0 Å². The Bertz CT molecular complexity index is 415. The lowest BCUT2D eigenvalue weighted by Crippen LogP contribution is -1.98. The fraction of sp³-hybridized carbons (Fsp3) is 0.375. The molecule has 0 heterocycles. The second kappa shape index (κ2) is 6.29. The van der Waals surface area contributed by atoms with Crippen LogP contribution >= 0.6 is 0 Å². The number of hydrogen-bond donors (Lipinski definition) is 0. The molecule has 0 amide bonds. The van der Waals surface area contributed by atoms with Crippen molar-refractivity contribution in [3.8, 4) is 0 Å². The molecule has 90 valence electrons. The normalized spacial score (nSPS) is 20.6. The smallest absolute Gasteiger partial charge is 0.0823 e. The molecule has 2 rings (SSSR count). The van der Waals surface area contributed by atoms with Crippen molar-refractivity contribution < 1.29 is 4.74 Å². The molecule has 1 aliphatic rings. The monoisotopic (exact) mass is 228 g/mol. The van der Waals surface area contributed by atoms with Crippen LogP contribution in [-0.4, -0.2) is 7.11 Å². The highest BCUT2D eigenvalue weighted by Gasteiger charge is 2.06. The Labute approximate surface area is 104 Å². The molecule has 0 atom stereocenters. The molecule has 1 heteroatoms. The molecule has 0 saturated heterocycles. The number of allylic oxidation sites excluding steroid dienone is 3. The van der Waals surface area contributed by atoms with Crippen molar-refractivity contribution in [3.05, 3.63) is 59.4 Å². The van der Waals surface area contributed by atoms with E-state index in [0.29, 0.717) is 0 Å². The topological polar surface area (TPSA) is 9.23 Å². The molecule has 0 saturated carbocycles. The van der Waals surface area contributed by atoms with Crippen molar-refractivity contribution >= 4 is 0 Å². The van der Waals surface area contributed by atoms with Crippen LogP contribution in [0.2, 0.25) is 0 Å². The van der Waals surface area contributed by atoms with E-state index in [1.807, 2.05) is 6.26 Å². The third-order valence-corrected chi connectivity index (χ3v) is 3.18. The number of aryl methyl sites for hydroxylation is 1. The summed E-state index contributed by atoms with van der Waals surface area (Å²) in [6.45, 7) is 0. The van der Waals surface area contributed by atoms with Gasteiger partial charge in [0.25, 0.3) is 0 Å². The summed E-state index contributed by atoms with van der Waals surface area (Å²) in [6.07, 6.45) is 12.1. The molecule has 0 aromatic heterocycles. The Morgan fingerprint density at radius 3 is 2.76 bits per heavy atom. The zero-order valence-corrected chi connectivity index (χ0v) is 10.5. The van der Waals surface area contributed by atoms with E-state index in [2.05, 4.69) is 36.4 Å². The average molecular weight is 228 g/mol. The quantitative estimate of drug-likeness (QED) is 0.520. The maximum absolute atomic E-state index is 5.17. The second-order valence-electron chi connectivity index (χ2n) is 4.53. The third-order valence-electron chi connectivity index (χ3n) is 3.18. The summed E-state index contributed by atoms with van der Waals surface area (Å²) >= 11 is 0. The van der Waals surface area contributed by atoms with Gasteiger partial charge in [0.05, 0.1) is 13.4 Å². The summed E-state index contributed by atoms with van der Waals surface area (Å²) in [7, 11) is 1.72. The highest BCUT2D eigenvalue weighted by atomic mass is 16.5. The lowest BCUT2D eigenvalue weighted by molar-refractivity contribution is 0.332. The van der Waals surface area contributed by atoms with Gasteiger partial charge in [-0.25, -0.2) is 0 Å². The Morgan fingerprint density at radius 2 is 1.94 bits per heavy atom.